The van der Waals surface area contributed by atoms with E-state index in [2.05, 4.69) is 24.9 Å². The van der Waals surface area contributed by atoms with Crippen LogP contribution >= 0.6 is 11.6 Å². The molecule has 1 saturated heterocycles. The van der Waals surface area contributed by atoms with Crippen LogP contribution in [0.25, 0.3) is 0 Å². The van der Waals surface area contributed by atoms with Crippen molar-refractivity contribution in [3.8, 4) is 0 Å². The van der Waals surface area contributed by atoms with Gasteiger partial charge in [0.05, 0.1) is 4.90 Å². The third kappa shape index (κ3) is 5.08. The highest BCUT2D eigenvalue weighted by atomic mass is 35.5. The van der Waals surface area contributed by atoms with Gasteiger partial charge >= 0.3 is 0 Å². The van der Waals surface area contributed by atoms with Gasteiger partial charge in [-0.15, -0.1) is 0 Å². The Morgan fingerprint density at radius 2 is 1.61 bits per heavy atom. The second kappa shape index (κ2) is 8.72. The van der Waals surface area contributed by atoms with Crippen LogP contribution in [0.3, 0.4) is 0 Å². The number of sulfonamides is 1. The highest BCUT2D eigenvalue weighted by Gasteiger charge is 2.17. The zero-order valence-corrected chi connectivity index (χ0v) is 19.0. The van der Waals surface area contributed by atoms with E-state index in [9.17, 15) is 8.42 Å². The van der Waals surface area contributed by atoms with Crippen LogP contribution < -0.4 is 14.9 Å². The van der Waals surface area contributed by atoms with Crippen molar-refractivity contribution in [3.05, 3.63) is 64.8 Å². The highest BCUT2D eigenvalue weighted by molar-refractivity contribution is 7.92. The minimum absolute atomic E-state index is 0.121. The highest BCUT2D eigenvalue weighted by Crippen LogP contribution is 2.25. The van der Waals surface area contributed by atoms with Gasteiger partial charge in [0.25, 0.3) is 10.0 Å². The van der Waals surface area contributed by atoms with E-state index in [1.807, 2.05) is 19.9 Å². The molecule has 0 unspecified atom stereocenters. The molecular weight excluding hydrogens is 434 g/mol. The van der Waals surface area contributed by atoms with Gasteiger partial charge in [0, 0.05) is 41.2 Å². The summed E-state index contributed by atoms with van der Waals surface area (Å²) in [6, 6.07) is 13.6. The van der Waals surface area contributed by atoms with E-state index in [1.54, 1.807) is 30.3 Å². The average Bonchev–Trinajstić information content (AvgIpc) is 3.26. The second-order valence-electron chi connectivity index (χ2n) is 7.61. The molecular formula is C22H24ClN5O2S. The number of rotatable bonds is 6. The lowest BCUT2D eigenvalue weighted by atomic mass is 10.2. The van der Waals surface area contributed by atoms with Gasteiger partial charge in [-0.05, 0) is 68.7 Å². The first kappa shape index (κ1) is 21.4. The number of aromatic nitrogens is 2. The Labute approximate surface area is 187 Å². The molecule has 0 radical (unpaired) electrons. The molecule has 2 N–H and O–H groups in total. The minimum atomic E-state index is -3.73. The SMILES string of the molecule is Cc1cc(Nc2ccc(NS(=O)(=O)c3ccc(C)c(Cl)c3)cc2)nc(N2CCCC2)n1. The van der Waals surface area contributed by atoms with E-state index in [0.717, 1.165) is 48.8 Å². The van der Waals surface area contributed by atoms with Gasteiger partial charge < -0.3 is 10.2 Å². The fraction of sp³-hybridized carbons (Fsp3) is 0.273. The summed E-state index contributed by atoms with van der Waals surface area (Å²) in [5.74, 6) is 1.44. The molecule has 0 saturated carbocycles. The van der Waals surface area contributed by atoms with Crippen LogP contribution in [-0.2, 0) is 10.0 Å². The Bertz CT molecular complexity index is 1190. The number of anilines is 4. The first-order valence-corrected chi connectivity index (χ1v) is 11.9. The fourth-order valence-corrected chi connectivity index (χ4v) is 4.73. The molecule has 2 aromatic carbocycles. The summed E-state index contributed by atoms with van der Waals surface area (Å²) < 4.78 is 27.9. The molecule has 0 bridgehead atoms. The van der Waals surface area contributed by atoms with E-state index >= 15 is 0 Å². The van der Waals surface area contributed by atoms with Crippen LogP contribution in [-0.4, -0.2) is 31.5 Å². The Balaban J connectivity index is 1.48. The molecule has 4 rings (SSSR count). The first-order valence-electron chi connectivity index (χ1n) is 10.1. The maximum Gasteiger partial charge on any atom is 0.261 e. The zero-order valence-electron chi connectivity index (χ0n) is 17.4. The summed E-state index contributed by atoms with van der Waals surface area (Å²) in [7, 11) is -3.73. The molecule has 31 heavy (non-hydrogen) atoms. The first-order chi connectivity index (χ1) is 14.8. The van der Waals surface area contributed by atoms with Gasteiger partial charge in [0.2, 0.25) is 5.95 Å². The third-order valence-corrected chi connectivity index (χ3v) is 6.88. The van der Waals surface area contributed by atoms with Crippen LogP contribution in [0.2, 0.25) is 5.02 Å². The lowest BCUT2D eigenvalue weighted by Crippen LogP contribution is -2.21. The molecule has 9 heteroatoms. The summed E-state index contributed by atoms with van der Waals surface area (Å²) in [5, 5.41) is 3.68. The van der Waals surface area contributed by atoms with Gasteiger partial charge in [0.1, 0.15) is 5.82 Å². The summed E-state index contributed by atoms with van der Waals surface area (Å²) in [5.41, 5.74) is 2.97. The van der Waals surface area contributed by atoms with Gasteiger partial charge in [0.15, 0.2) is 0 Å². The molecule has 2 heterocycles. The van der Waals surface area contributed by atoms with Crippen molar-refractivity contribution in [1.29, 1.82) is 0 Å². The van der Waals surface area contributed by atoms with Gasteiger partial charge in [-0.2, -0.15) is 4.98 Å². The van der Waals surface area contributed by atoms with Crippen molar-refractivity contribution in [1.82, 2.24) is 9.97 Å². The van der Waals surface area contributed by atoms with Crippen LogP contribution in [0.5, 0.6) is 0 Å². The minimum Gasteiger partial charge on any atom is -0.341 e. The number of nitrogens with one attached hydrogen (secondary N) is 2. The molecule has 0 spiro atoms. The van der Waals surface area contributed by atoms with E-state index in [4.69, 9.17) is 11.6 Å². The van der Waals surface area contributed by atoms with E-state index in [-0.39, 0.29) is 4.90 Å². The standard InChI is InChI=1S/C22H24ClN5O2S/c1-15-5-10-19(14-20(15)23)31(29,30)27-18-8-6-17(7-9-18)25-21-13-16(2)24-22(26-21)28-11-3-4-12-28/h5-10,13-14,27H,3-4,11-12H2,1-2H3,(H,24,25,26). The summed E-state index contributed by atoms with van der Waals surface area (Å²) in [6.07, 6.45) is 2.32. The number of hydrogen-bond donors (Lipinski definition) is 2. The van der Waals surface area contributed by atoms with Crippen molar-refractivity contribution < 1.29 is 8.42 Å². The number of aryl methyl sites for hydroxylation is 2. The third-order valence-electron chi connectivity index (χ3n) is 5.09. The zero-order chi connectivity index (χ0) is 22.0. The largest absolute Gasteiger partial charge is 0.341 e. The van der Waals surface area contributed by atoms with Gasteiger partial charge in [-0.1, -0.05) is 17.7 Å². The van der Waals surface area contributed by atoms with Crippen LogP contribution in [0, 0.1) is 13.8 Å². The lowest BCUT2D eigenvalue weighted by molar-refractivity contribution is 0.601. The number of nitrogens with zero attached hydrogens (tertiary/aromatic N) is 3. The summed E-state index contributed by atoms with van der Waals surface area (Å²) >= 11 is 6.07. The Morgan fingerprint density at radius 3 is 2.29 bits per heavy atom. The number of halogens is 1. The maximum atomic E-state index is 12.6. The quantitative estimate of drug-likeness (QED) is 0.547. The summed E-state index contributed by atoms with van der Waals surface area (Å²) in [4.78, 5) is 11.5. The molecule has 1 aromatic heterocycles. The van der Waals surface area contributed by atoms with Crippen molar-refractivity contribution in [2.45, 2.75) is 31.6 Å². The van der Waals surface area contributed by atoms with Crippen LogP contribution in [0.15, 0.2) is 53.4 Å². The normalized spacial score (nSPS) is 14.0. The second-order valence-corrected chi connectivity index (χ2v) is 9.70. The monoisotopic (exact) mass is 457 g/mol. The Kier molecular flexibility index (Phi) is 6.02. The van der Waals surface area contributed by atoms with E-state index in [0.29, 0.717) is 16.5 Å². The molecule has 1 aliphatic heterocycles. The Hall–Kier alpha value is -2.84. The number of benzene rings is 2. The molecule has 1 aliphatic rings. The molecule has 1 fully saturated rings. The van der Waals surface area contributed by atoms with Crippen molar-refractivity contribution in [2.75, 3.05) is 28.0 Å². The molecule has 0 atom stereocenters. The predicted molar refractivity (Wildman–Crippen MR) is 125 cm³/mol. The maximum absolute atomic E-state index is 12.6. The molecule has 3 aromatic rings. The predicted octanol–water partition coefficient (Wildman–Crippen LogP) is 4.89. The van der Waals surface area contributed by atoms with Crippen molar-refractivity contribution >= 4 is 44.8 Å². The van der Waals surface area contributed by atoms with E-state index in [1.165, 1.54) is 12.1 Å². The van der Waals surface area contributed by atoms with Gasteiger partial charge in [-0.3, -0.25) is 4.72 Å². The van der Waals surface area contributed by atoms with Crippen LogP contribution in [0.1, 0.15) is 24.1 Å². The van der Waals surface area contributed by atoms with Gasteiger partial charge in [-0.25, -0.2) is 13.4 Å². The van der Waals surface area contributed by atoms with Crippen LogP contribution in [0.4, 0.5) is 23.1 Å². The summed E-state index contributed by atoms with van der Waals surface area (Å²) in [6.45, 7) is 5.72. The van der Waals surface area contributed by atoms with E-state index < -0.39 is 10.0 Å². The lowest BCUT2D eigenvalue weighted by Gasteiger charge is -2.17. The topological polar surface area (TPSA) is 87.2 Å². The number of hydrogen-bond acceptors (Lipinski definition) is 6. The molecule has 0 aliphatic carbocycles. The Morgan fingerprint density at radius 1 is 0.935 bits per heavy atom. The molecule has 0 amide bonds. The molecule has 7 nitrogen and oxygen atoms in total. The van der Waals surface area contributed by atoms with Crippen molar-refractivity contribution in [3.63, 3.8) is 0 Å². The fourth-order valence-electron chi connectivity index (χ4n) is 3.40. The average molecular weight is 458 g/mol. The smallest absolute Gasteiger partial charge is 0.261 e. The van der Waals surface area contributed by atoms with Crippen molar-refractivity contribution in [2.24, 2.45) is 0 Å². The molecule has 162 valence electrons.